The number of carbonyl (C=O) groups is 1. The van der Waals surface area contributed by atoms with Crippen LogP contribution in [0, 0.1) is 5.92 Å². The second-order valence-electron chi connectivity index (χ2n) is 8.12. The number of hydrogen-bond acceptors (Lipinski definition) is 4. The van der Waals surface area contributed by atoms with Gasteiger partial charge in [-0.25, -0.2) is 4.79 Å². The van der Waals surface area contributed by atoms with Crippen LogP contribution in [0.25, 0.3) is 0 Å². The van der Waals surface area contributed by atoms with Gasteiger partial charge < -0.3 is 20.1 Å². The van der Waals surface area contributed by atoms with Crippen molar-refractivity contribution in [1.82, 2.24) is 9.80 Å². The van der Waals surface area contributed by atoms with E-state index in [1.54, 1.807) is 43.3 Å². The summed E-state index contributed by atoms with van der Waals surface area (Å²) in [4.78, 5) is 16.4. The third-order valence-electron chi connectivity index (χ3n) is 5.57. The Hall–Kier alpha value is -1.83. The van der Waals surface area contributed by atoms with E-state index in [-0.39, 0.29) is 30.7 Å². The fourth-order valence-corrected chi connectivity index (χ4v) is 3.76. The highest BCUT2D eigenvalue weighted by atomic mass is 35.5. The van der Waals surface area contributed by atoms with Crippen molar-refractivity contribution in [3.8, 4) is 0 Å². The molecule has 0 aliphatic rings. The van der Waals surface area contributed by atoms with Gasteiger partial charge in [0.2, 0.25) is 0 Å². The van der Waals surface area contributed by atoms with Crippen LogP contribution in [0.4, 0.5) is 10.5 Å². The van der Waals surface area contributed by atoms with Crippen molar-refractivity contribution in [2.75, 3.05) is 39.2 Å². The summed E-state index contributed by atoms with van der Waals surface area (Å²) in [7, 11) is 3.39. The Balaban J connectivity index is 2.00. The van der Waals surface area contributed by atoms with E-state index < -0.39 is 0 Å². The smallest absolute Gasteiger partial charge is 0.321 e. The molecular formula is C24H33Cl2N3O3. The van der Waals surface area contributed by atoms with Crippen LogP contribution in [0.2, 0.25) is 10.0 Å². The van der Waals surface area contributed by atoms with E-state index in [0.717, 1.165) is 5.56 Å². The quantitative estimate of drug-likeness (QED) is 0.474. The van der Waals surface area contributed by atoms with Crippen LogP contribution in [-0.4, -0.2) is 66.9 Å². The summed E-state index contributed by atoms with van der Waals surface area (Å²) in [5.74, 6) is 0.0993. The number of rotatable bonds is 11. The molecule has 6 nitrogen and oxygen atoms in total. The summed E-state index contributed by atoms with van der Waals surface area (Å²) in [5.41, 5.74) is 1.69. The summed E-state index contributed by atoms with van der Waals surface area (Å²) >= 11 is 12.2. The summed E-state index contributed by atoms with van der Waals surface area (Å²) < 4.78 is 5.73. The number of nitrogens with zero attached hydrogens (tertiary/aromatic N) is 2. The molecule has 0 heterocycles. The van der Waals surface area contributed by atoms with Crippen LogP contribution in [0.3, 0.4) is 0 Å². The van der Waals surface area contributed by atoms with Gasteiger partial charge in [0, 0.05) is 55.6 Å². The highest BCUT2D eigenvalue weighted by molar-refractivity contribution is 6.31. The van der Waals surface area contributed by atoms with Crippen molar-refractivity contribution in [1.29, 1.82) is 0 Å². The molecule has 2 aromatic rings. The predicted molar refractivity (Wildman–Crippen MR) is 131 cm³/mol. The summed E-state index contributed by atoms with van der Waals surface area (Å²) in [5, 5.41) is 13.9. The molecule has 0 aliphatic carbocycles. The number of likely N-dealkylation sites (N-methyl/N-ethyl adjacent to an activating group) is 1. The number of halogens is 2. The lowest BCUT2D eigenvalue weighted by Crippen LogP contribution is -2.45. The fraction of sp³-hybridized carbons (Fsp3) is 0.458. The van der Waals surface area contributed by atoms with Crippen LogP contribution in [0.15, 0.2) is 48.5 Å². The molecule has 2 rings (SSSR count). The standard InChI is InChI=1S/C24H33Cl2N3O3/c1-17(13-29(18(2)16-30)14-19-7-5-6-8-22(19)26)23(32-4)15-28(3)24(31)27-21-11-9-20(25)10-12-21/h5-12,17-18,23,30H,13-16H2,1-4H3,(H,27,31)/t17-,18+,23+/m1/s1. The summed E-state index contributed by atoms with van der Waals surface area (Å²) in [6.07, 6.45) is -0.185. The molecule has 2 amide bonds. The second-order valence-corrected chi connectivity index (χ2v) is 8.97. The number of urea groups is 1. The third-order valence-corrected chi connectivity index (χ3v) is 6.20. The SMILES string of the molecule is CO[C@@H](CN(C)C(=O)Nc1ccc(Cl)cc1)[C@H](C)CN(Cc1ccccc1Cl)[C@@H](C)CO. The number of aliphatic hydroxyl groups excluding tert-OH is 1. The van der Waals surface area contributed by atoms with E-state index in [0.29, 0.717) is 35.4 Å². The minimum absolute atomic E-state index is 0.0399. The first kappa shape index (κ1) is 26.4. The highest BCUT2D eigenvalue weighted by Gasteiger charge is 2.25. The molecule has 0 radical (unpaired) electrons. The van der Waals surface area contributed by atoms with Crippen molar-refractivity contribution >= 4 is 34.9 Å². The largest absolute Gasteiger partial charge is 0.395 e. The topological polar surface area (TPSA) is 65.0 Å². The Morgan fingerprint density at radius 2 is 1.75 bits per heavy atom. The predicted octanol–water partition coefficient (Wildman–Crippen LogP) is 4.99. The molecule has 0 saturated carbocycles. The van der Waals surface area contributed by atoms with Crippen LogP contribution >= 0.6 is 23.2 Å². The molecule has 3 atom stereocenters. The maximum Gasteiger partial charge on any atom is 0.321 e. The monoisotopic (exact) mass is 481 g/mol. The lowest BCUT2D eigenvalue weighted by Gasteiger charge is -2.34. The number of benzene rings is 2. The minimum Gasteiger partial charge on any atom is -0.395 e. The van der Waals surface area contributed by atoms with Gasteiger partial charge in [0.05, 0.1) is 12.7 Å². The van der Waals surface area contributed by atoms with Crippen LogP contribution < -0.4 is 5.32 Å². The van der Waals surface area contributed by atoms with Crippen molar-refractivity contribution in [3.63, 3.8) is 0 Å². The summed E-state index contributed by atoms with van der Waals surface area (Å²) in [6, 6.07) is 14.4. The molecule has 0 bridgehead atoms. The van der Waals surface area contributed by atoms with Crippen LogP contribution in [0.1, 0.15) is 19.4 Å². The molecule has 0 saturated heterocycles. The van der Waals surface area contributed by atoms with Gasteiger partial charge in [-0.05, 0) is 48.7 Å². The van der Waals surface area contributed by atoms with Crippen molar-refractivity contribution < 1.29 is 14.6 Å². The van der Waals surface area contributed by atoms with Crippen molar-refractivity contribution in [2.24, 2.45) is 5.92 Å². The minimum atomic E-state index is -0.224. The van der Waals surface area contributed by atoms with E-state index in [1.165, 1.54) is 0 Å². The van der Waals surface area contributed by atoms with Gasteiger partial charge in [0.15, 0.2) is 0 Å². The van der Waals surface area contributed by atoms with Gasteiger partial charge in [0.25, 0.3) is 0 Å². The Bertz CT molecular complexity index is 851. The van der Waals surface area contributed by atoms with Gasteiger partial charge in [-0.2, -0.15) is 0 Å². The maximum atomic E-state index is 12.6. The third kappa shape index (κ3) is 7.94. The fourth-order valence-electron chi connectivity index (χ4n) is 3.44. The van der Waals surface area contributed by atoms with E-state index in [4.69, 9.17) is 27.9 Å². The lowest BCUT2D eigenvalue weighted by atomic mass is 10.0. The molecule has 0 spiro atoms. The molecule has 2 aromatic carbocycles. The summed E-state index contributed by atoms with van der Waals surface area (Å²) in [6.45, 7) is 5.83. The van der Waals surface area contributed by atoms with Gasteiger partial charge in [-0.15, -0.1) is 0 Å². The molecule has 2 N–H and O–H groups in total. The Kier molecular flexibility index (Phi) is 10.7. The van der Waals surface area contributed by atoms with Gasteiger partial charge in [-0.3, -0.25) is 4.90 Å². The zero-order valence-corrected chi connectivity index (χ0v) is 20.6. The van der Waals surface area contributed by atoms with Crippen LogP contribution in [0.5, 0.6) is 0 Å². The molecule has 0 aliphatic heterocycles. The first-order chi connectivity index (χ1) is 15.2. The normalized spacial score (nSPS) is 14.1. The number of nitrogens with one attached hydrogen (secondary N) is 1. The van der Waals surface area contributed by atoms with E-state index in [9.17, 15) is 9.90 Å². The number of aliphatic hydroxyl groups is 1. The molecule has 0 aromatic heterocycles. The van der Waals surface area contributed by atoms with Gasteiger partial charge in [-0.1, -0.05) is 48.3 Å². The number of ether oxygens (including phenoxy) is 1. The van der Waals surface area contributed by atoms with Crippen LogP contribution in [-0.2, 0) is 11.3 Å². The Morgan fingerprint density at radius 1 is 1.09 bits per heavy atom. The highest BCUT2D eigenvalue weighted by Crippen LogP contribution is 2.21. The Morgan fingerprint density at radius 3 is 2.34 bits per heavy atom. The zero-order valence-electron chi connectivity index (χ0n) is 19.1. The number of carbonyl (C=O) groups excluding carboxylic acids is 1. The first-order valence-electron chi connectivity index (χ1n) is 10.6. The Labute approximate surface area is 201 Å². The number of methoxy groups -OCH3 is 1. The average molecular weight is 482 g/mol. The van der Waals surface area contributed by atoms with Crippen molar-refractivity contribution in [3.05, 3.63) is 64.1 Å². The van der Waals surface area contributed by atoms with Crippen molar-refractivity contribution in [2.45, 2.75) is 32.5 Å². The maximum absolute atomic E-state index is 12.6. The van der Waals surface area contributed by atoms with Gasteiger partial charge >= 0.3 is 6.03 Å². The van der Waals surface area contributed by atoms with E-state index in [1.807, 2.05) is 31.2 Å². The number of hydrogen-bond donors (Lipinski definition) is 2. The number of amides is 2. The molecular weight excluding hydrogens is 449 g/mol. The number of anilines is 1. The second kappa shape index (κ2) is 13.0. The molecule has 8 heteroatoms. The molecule has 176 valence electrons. The average Bonchev–Trinajstić information content (AvgIpc) is 2.78. The molecule has 0 unspecified atom stereocenters. The lowest BCUT2D eigenvalue weighted by molar-refractivity contribution is 0.0154. The van der Waals surface area contributed by atoms with E-state index in [2.05, 4.69) is 17.1 Å². The zero-order chi connectivity index (χ0) is 23.7. The first-order valence-corrected chi connectivity index (χ1v) is 11.4. The van der Waals surface area contributed by atoms with E-state index >= 15 is 0 Å². The van der Waals surface area contributed by atoms with Gasteiger partial charge in [0.1, 0.15) is 0 Å². The molecule has 32 heavy (non-hydrogen) atoms. The molecule has 0 fully saturated rings.